The van der Waals surface area contributed by atoms with E-state index in [2.05, 4.69) is 33.9 Å². The van der Waals surface area contributed by atoms with E-state index < -0.39 is 21.8 Å². The summed E-state index contributed by atoms with van der Waals surface area (Å²) >= 11 is 0. The van der Waals surface area contributed by atoms with E-state index in [1.807, 2.05) is 0 Å². The van der Waals surface area contributed by atoms with Crippen LogP contribution in [-0.4, -0.2) is 65.9 Å². The molecule has 1 saturated heterocycles. The summed E-state index contributed by atoms with van der Waals surface area (Å²) in [4.78, 5) is 25.6. The normalized spacial score (nSPS) is 27.7. The topological polar surface area (TPSA) is 97.4 Å². The summed E-state index contributed by atoms with van der Waals surface area (Å²) in [5.41, 5.74) is 0. The van der Waals surface area contributed by atoms with Crippen LogP contribution < -0.4 is 0 Å². The molecule has 2 rings (SSSR count). The number of carbonyl (C=O) groups is 2. The average Bonchev–Trinajstić information content (AvgIpc) is 3.00. The highest BCUT2D eigenvalue weighted by molar-refractivity contribution is 7.54. The van der Waals surface area contributed by atoms with Crippen molar-refractivity contribution in [3.63, 3.8) is 0 Å². The molecule has 8 nitrogen and oxygen atoms in total. The monoisotopic (exact) mass is 492 g/mol. The van der Waals surface area contributed by atoms with Gasteiger partial charge in [-0.3, -0.25) is 14.2 Å². The number of hydrogen-bond donors (Lipinski definition) is 0. The molecular weight excluding hydrogens is 451 g/mol. The summed E-state index contributed by atoms with van der Waals surface area (Å²) in [6.45, 7) is 11.8. The molecule has 1 aliphatic carbocycles. The summed E-state index contributed by atoms with van der Waals surface area (Å²) in [5.74, 6) is -1.13. The molecule has 32 heavy (non-hydrogen) atoms. The highest BCUT2D eigenvalue weighted by Gasteiger charge is 2.47. The lowest BCUT2D eigenvalue weighted by Gasteiger charge is -2.38. The molecule has 186 valence electrons. The third kappa shape index (κ3) is 7.29. The van der Waals surface area contributed by atoms with Crippen LogP contribution in [0.3, 0.4) is 0 Å². The summed E-state index contributed by atoms with van der Waals surface area (Å²) in [5, 5.41) is 0.0212. The zero-order valence-corrected chi connectivity index (χ0v) is 22.6. The number of ketones is 2. The van der Waals surface area contributed by atoms with Crippen molar-refractivity contribution in [3.8, 4) is 0 Å². The van der Waals surface area contributed by atoms with Crippen LogP contribution in [0.1, 0.15) is 52.9 Å². The van der Waals surface area contributed by atoms with Gasteiger partial charge < -0.3 is 22.9 Å². The first-order valence-electron chi connectivity index (χ1n) is 11.5. The van der Waals surface area contributed by atoms with E-state index in [9.17, 15) is 14.2 Å². The molecular formula is C22H41O8PSi. The molecule has 0 amide bonds. The SMILES string of the molecule is COP(=O)(CC(=O)CC1C(=O)C[C@@H](OC2CCCCO2)[C@@H]1CO[Si](C)(C)C(C)(C)C)OC. The van der Waals surface area contributed by atoms with Gasteiger partial charge in [0.05, 0.1) is 6.10 Å². The second kappa shape index (κ2) is 11.3. The van der Waals surface area contributed by atoms with Crippen molar-refractivity contribution >= 4 is 27.5 Å². The Morgan fingerprint density at radius 1 is 1.19 bits per heavy atom. The first-order valence-corrected chi connectivity index (χ1v) is 16.1. The fraction of sp³-hybridized carbons (Fsp3) is 0.909. The third-order valence-corrected chi connectivity index (χ3v) is 13.4. The van der Waals surface area contributed by atoms with Gasteiger partial charge in [-0.2, -0.15) is 0 Å². The molecule has 0 bridgehead atoms. The van der Waals surface area contributed by atoms with Crippen molar-refractivity contribution in [1.29, 1.82) is 0 Å². The lowest BCUT2D eigenvalue weighted by molar-refractivity contribution is -0.197. The number of ether oxygens (including phenoxy) is 2. The second-order valence-electron chi connectivity index (χ2n) is 10.4. The molecule has 0 N–H and O–H groups in total. The van der Waals surface area contributed by atoms with Crippen LogP contribution in [0.25, 0.3) is 0 Å². The van der Waals surface area contributed by atoms with Crippen molar-refractivity contribution in [2.45, 2.75) is 83.4 Å². The van der Waals surface area contributed by atoms with Crippen LogP contribution in [0.5, 0.6) is 0 Å². The van der Waals surface area contributed by atoms with E-state index in [0.717, 1.165) is 19.3 Å². The minimum Gasteiger partial charge on any atom is -0.416 e. The van der Waals surface area contributed by atoms with Gasteiger partial charge in [0.25, 0.3) is 0 Å². The zero-order valence-electron chi connectivity index (χ0n) is 20.7. The maximum atomic E-state index is 12.9. The molecule has 0 radical (unpaired) electrons. The second-order valence-corrected chi connectivity index (χ2v) is 17.4. The first kappa shape index (κ1) is 27.8. The van der Waals surface area contributed by atoms with Crippen LogP contribution in [0, 0.1) is 11.8 Å². The van der Waals surface area contributed by atoms with E-state index in [-0.39, 0.29) is 53.9 Å². The summed E-state index contributed by atoms with van der Waals surface area (Å²) in [6, 6.07) is 0. The predicted octanol–water partition coefficient (Wildman–Crippen LogP) is 4.57. The van der Waals surface area contributed by atoms with Gasteiger partial charge in [0.15, 0.2) is 14.6 Å². The van der Waals surface area contributed by atoms with Gasteiger partial charge in [-0.1, -0.05) is 20.8 Å². The zero-order chi connectivity index (χ0) is 24.2. The van der Waals surface area contributed by atoms with E-state index in [1.165, 1.54) is 14.2 Å². The Hall–Kier alpha value is -0.413. The molecule has 10 heteroatoms. The van der Waals surface area contributed by atoms with E-state index >= 15 is 0 Å². The van der Waals surface area contributed by atoms with Crippen LogP contribution in [0.4, 0.5) is 0 Å². The maximum absolute atomic E-state index is 12.9. The average molecular weight is 493 g/mol. The minimum absolute atomic E-state index is 0.0207. The molecule has 1 aliphatic heterocycles. The van der Waals surface area contributed by atoms with Gasteiger partial charge in [-0.05, 0) is 37.4 Å². The predicted molar refractivity (Wildman–Crippen MR) is 124 cm³/mol. The Balaban J connectivity index is 2.16. The van der Waals surface area contributed by atoms with Gasteiger partial charge in [0.2, 0.25) is 0 Å². The number of rotatable bonds is 11. The van der Waals surface area contributed by atoms with E-state index in [0.29, 0.717) is 13.2 Å². The van der Waals surface area contributed by atoms with Crippen molar-refractivity contribution in [2.75, 3.05) is 33.6 Å². The molecule has 4 atom stereocenters. The van der Waals surface area contributed by atoms with Gasteiger partial charge in [0.1, 0.15) is 17.7 Å². The molecule has 0 spiro atoms. The number of carbonyl (C=O) groups excluding carboxylic acids is 2. The van der Waals surface area contributed by atoms with Crippen LogP contribution in [0.2, 0.25) is 18.1 Å². The molecule has 0 aromatic carbocycles. The van der Waals surface area contributed by atoms with Gasteiger partial charge in [-0.15, -0.1) is 0 Å². The lowest BCUT2D eigenvalue weighted by Crippen LogP contribution is -2.44. The Morgan fingerprint density at radius 3 is 2.38 bits per heavy atom. The Bertz CT molecular complexity index is 691. The molecule has 2 unspecified atom stereocenters. The Morgan fingerprint density at radius 2 is 1.84 bits per heavy atom. The van der Waals surface area contributed by atoms with Crippen LogP contribution in [0.15, 0.2) is 0 Å². The minimum atomic E-state index is -3.48. The molecule has 0 aromatic rings. The maximum Gasteiger partial charge on any atom is 0.337 e. The van der Waals surface area contributed by atoms with Gasteiger partial charge in [0, 0.05) is 52.1 Å². The summed E-state index contributed by atoms with van der Waals surface area (Å²) in [6.07, 6.45) is 2.02. The summed E-state index contributed by atoms with van der Waals surface area (Å²) in [7, 11) is -3.04. The fourth-order valence-electron chi connectivity index (χ4n) is 3.90. The van der Waals surface area contributed by atoms with Crippen LogP contribution in [-0.2, 0) is 37.1 Å². The molecule has 2 aliphatic rings. The van der Waals surface area contributed by atoms with Gasteiger partial charge in [-0.25, -0.2) is 0 Å². The standard InChI is InChI=1S/C22H41O8PSi/c1-22(2,3)32(6,7)29-14-18-17(12-16(23)15-31(25,26-4)27-5)19(24)13-20(18)30-21-10-8-9-11-28-21/h17-18,20-21H,8-15H2,1-7H3/t17?,18-,20-,21?/m1/s1. The van der Waals surface area contributed by atoms with Crippen LogP contribution >= 0.6 is 7.60 Å². The fourth-order valence-corrected chi connectivity index (χ4v) is 5.91. The molecule has 0 aromatic heterocycles. The van der Waals surface area contributed by atoms with Crippen molar-refractivity contribution in [3.05, 3.63) is 0 Å². The Labute approximate surface area is 193 Å². The highest BCUT2D eigenvalue weighted by Crippen LogP contribution is 2.47. The smallest absolute Gasteiger partial charge is 0.337 e. The number of hydrogen-bond acceptors (Lipinski definition) is 8. The largest absolute Gasteiger partial charge is 0.416 e. The van der Waals surface area contributed by atoms with Crippen molar-refractivity contribution < 1.29 is 37.1 Å². The quantitative estimate of drug-likeness (QED) is 0.306. The summed E-state index contributed by atoms with van der Waals surface area (Å²) < 4.78 is 40.6. The van der Waals surface area contributed by atoms with E-state index in [1.54, 1.807) is 0 Å². The number of Topliss-reactive ketones (excluding diaryl/α,β-unsaturated/α-hetero) is 2. The first-order chi connectivity index (χ1) is 14.8. The Kier molecular flexibility index (Phi) is 9.86. The van der Waals surface area contributed by atoms with E-state index in [4.69, 9.17) is 22.9 Å². The highest BCUT2D eigenvalue weighted by atomic mass is 31.2. The third-order valence-electron chi connectivity index (χ3n) is 7.09. The van der Waals surface area contributed by atoms with Crippen molar-refractivity contribution in [1.82, 2.24) is 0 Å². The molecule has 1 saturated carbocycles. The molecule has 1 heterocycles. The molecule has 2 fully saturated rings. The van der Waals surface area contributed by atoms with Gasteiger partial charge >= 0.3 is 7.60 Å². The lowest BCUT2D eigenvalue weighted by atomic mass is 9.90. The van der Waals surface area contributed by atoms with Crippen molar-refractivity contribution in [2.24, 2.45) is 11.8 Å².